The first-order valence-electron chi connectivity index (χ1n) is 6.29. The first kappa shape index (κ1) is 13.7. The molecule has 0 fully saturated rings. The summed E-state index contributed by atoms with van der Waals surface area (Å²) in [6, 6.07) is 10.5. The number of carbonyl (C=O) groups is 1. The van der Waals surface area contributed by atoms with E-state index in [4.69, 9.17) is 5.73 Å². The number of amides is 1. The Hall–Kier alpha value is -1.35. The van der Waals surface area contributed by atoms with Crippen LogP contribution < -0.4 is 11.1 Å². The van der Waals surface area contributed by atoms with Crippen molar-refractivity contribution in [1.82, 2.24) is 5.32 Å². The van der Waals surface area contributed by atoms with E-state index in [1.807, 2.05) is 18.2 Å². The fraction of sp³-hybridized carbons (Fsp3) is 0.500. The van der Waals surface area contributed by atoms with Gasteiger partial charge < -0.3 is 11.1 Å². The second-order valence-electron chi connectivity index (χ2n) is 4.28. The maximum atomic E-state index is 11.5. The van der Waals surface area contributed by atoms with E-state index in [1.165, 1.54) is 5.56 Å². The highest BCUT2D eigenvalue weighted by molar-refractivity contribution is 5.76. The molecule has 0 heterocycles. The highest BCUT2D eigenvalue weighted by atomic mass is 16.1. The third-order valence-electron chi connectivity index (χ3n) is 2.70. The minimum absolute atomic E-state index is 0.0573. The van der Waals surface area contributed by atoms with Crippen molar-refractivity contribution in [3.8, 4) is 0 Å². The van der Waals surface area contributed by atoms with Crippen molar-refractivity contribution >= 4 is 5.91 Å². The largest absolute Gasteiger partial charge is 0.353 e. The summed E-state index contributed by atoms with van der Waals surface area (Å²) in [5.41, 5.74) is 6.63. The molecule has 1 atom stereocenters. The van der Waals surface area contributed by atoms with Gasteiger partial charge in [0.05, 0.1) is 0 Å². The molecule has 0 radical (unpaired) electrons. The van der Waals surface area contributed by atoms with Crippen LogP contribution in [0.25, 0.3) is 0 Å². The van der Waals surface area contributed by atoms with Crippen molar-refractivity contribution in [3.63, 3.8) is 0 Å². The topological polar surface area (TPSA) is 55.1 Å². The Balaban J connectivity index is 2.51. The number of hydrogen-bond acceptors (Lipinski definition) is 2. The minimum Gasteiger partial charge on any atom is -0.353 e. The third kappa shape index (κ3) is 5.50. The highest BCUT2D eigenvalue weighted by Crippen LogP contribution is 2.07. The van der Waals surface area contributed by atoms with Gasteiger partial charge >= 0.3 is 0 Å². The number of nitrogens with one attached hydrogen (secondary N) is 1. The van der Waals surface area contributed by atoms with Gasteiger partial charge in [0.1, 0.15) is 0 Å². The molecule has 1 aromatic rings. The first-order valence-corrected chi connectivity index (χ1v) is 6.29. The maximum absolute atomic E-state index is 11.5. The molecule has 17 heavy (non-hydrogen) atoms. The average molecular weight is 234 g/mol. The van der Waals surface area contributed by atoms with Gasteiger partial charge in [-0.05, 0) is 18.4 Å². The molecule has 0 saturated carbocycles. The van der Waals surface area contributed by atoms with Crippen molar-refractivity contribution in [2.75, 3.05) is 6.54 Å². The van der Waals surface area contributed by atoms with Crippen molar-refractivity contribution in [1.29, 1.82) is 0 Å². The van der Waals surface area contributed by atoms with E-state index >= 15 is 0 Å². The molecule has 0 aliphatic carbocycles. The number of benzene rings is 1. The lowest BCUT2D eigenvalue weighted by molar-refractivity contribution is -0.121. The Labute approximate surface area is 103 Å². The SMILES string of the molecule is CCCC(Cc1ccccc1)NC(=O)CCN. The van der Waals surface area contributed by atoms with Gasteiger partial charge in [0.2, 0.25) is 5.91 Å². The Bertz CT molecular complexity index is 324. The normalized spacial score (nSPS) is 12.1. The van der Waals surface area contributed by atoms with E-state index in [9.17, 15) is 4.79 Å². The Morgan fingerprint density at radius 3 is 2.65 bits per heavy atom. The lowest BCUT2D eigenvalue weighted by Gasteiger charge is -2.18. The lowest BCUT2D eigenvalue weighted by Crippen LogP contribution is -2.37. The zero-order chi connectivity index (χ0) is 12.5. The van der Waals surface area contributed by atoms with Crippen LogP contribution in [0.5, 0.6) is 0 Å². The molecular formula is C14H22N2O. The molecule has 0 bridgehead atoms. The van der Waals surface area contributed by atoms with Crippen LogP contribution in [-0.4, -0.2) is 18.5 Å². The van der Waals surface area contributed by atoms with Crippen LogP contribution in [0.15, 0.2) is 30.3 Å². The zero-order valence-electron chi connectivity index (χ0n) is 10.5. The quantitative estimate of drug-likeness (QED) is 0.756. The molecule has 94 valence electrons. The van der Waals surface area contributed by atoms with Crippen LogP contribution in [0.2, 0.25) is 0 Å². The molecule has 1 aromatic carbocycles. The van der Waals surface area contributed by atoms with E-state index in [0.29, 0.717) is 13.0 Å². The fourth-order valence-electron chi connectivity index (χ4n) is 1.90. The molecule has 0 aliphatic rings. The van der Waals surface area contributed by atoms with Gasteiger partial charge in [-0.2, -0.15) is 0 Å². The summed E-state index contributed by atoms with van der Waals surface area (Å²) >= 11 is 0. The second kappa shape index (κ2) is 7.85. The van der Waals surface area contributed by atoms with Crippen molar-refractivity contribution in [2.45, 2.75) is 38.6 Å². The summed E-state index contributed by atoms with van der Waals surface area (Å²) in [6.45, 7) is 2.54. The summed E-state index contributed by atoms with van der Waals surface area (Å²) in [4.78, 5) is 11.5. The Morgan fingerprint density at radius 2 is 2.06 bits per heavy atom. The lowest BCUT2D eigenvalue weighted by atomic mass is 10.0. The Morgan fingerprint density at radius 1 is 1.35 bits per heavy atom. The van der Waals surface area contributed by atoms with Crippen molar-refractivity contribution in [3.05, 3.63) is 35.9 Å². The number of hydrogen-bond donors (Lipinski definition) is 2. The zero-order valence-corrected chi connectivity index (χ0v) is 10.5. The minimum atomic E-state index is 0.0573. The second-order valence-corrected chi connectivity index (χ2v) is 4.28. The van der Waals surface area contributed by atoms with Gasteiger partial charge in [-0.1, -0.05) is 43.7 Å². The first-order chi connectivity index (χ1) is 8.26. The summed E-state index contributed by atoms with van der Waals surface area (Å²) < 4.78 is 0. The van der Waals surface area contributed by atoms with E-state index < -0.39 is 0 Å². The molecule has 1 unspecified atom stereocenters. The average Bonchev–Trinajstić information content (AvgIpc) is 2.31. The van der Waals surface area contributed by atoms with Gasteiger partial charge in [0.25, 0.3) is 0 Å². The van der Waals surface area contributed by atoms with Crippen molar-refractivity contribution in [2.24, 2.45) is 5.73 Å². The van der Waals surface area contributed by atoms with Crippen LogP contribution in [0, 0.1) is 0 Å². The van der Waals surface area contributed by atoms with E-state index in [1.54, 1.807) is 0 Å². The number of nitrogens with two attached hydrogens (primary N) is 1. The van der Waals surface area contributed by atoms with Gasteiger partial charge in [-0.3, -0.25) is 4.79 Å². The van der Waals surface area contributed by atoms with Crippen molar-refractivity contribution < 1.29 is 4.79 Å². The summed E-state index contributed by atoms with van der Waals surface area (Å²) in [7, 11) is 0. The molecule has 3 nitrogen and oxygen atoms in total. The maximum Gasteiger partial charge on any atom is 0.221 e. The van der Waals surface area contributed by atoms with Crippen LogP contribution >= 0.6 is 0 Å². The number of rotatable bonds is 7. The van der Waals surface area contributed by atoms with Crippen LogP contribution in [0.4, 0.5) is 0 Å². The molecule has 3 N–H and O–H groups in total. The van der Waals surface area contributed by atoms with Gasteiger partial charge in [-0.15, -0.1) is 0 Å². The van der Waals surface area contributed by atoms with E-state index in [-0.39, 0.29) is 11.9 Å². The Kier molecular flexibility index (Phi) is 6.33. The molecule has 0 spiro atoms. The molecule has 1 amide bonds. The van der Waals surface area contributed by atoms with Crippen LogP contribution in [0.3, 0.4) is 0 Å². The van der Waals surface area contributed by atoms with Gasteiger partial charge in [0, 0.05) is 19.0 Å². The van der Waals surface area contributed by atoms with Gasteiger partial charge in [-0.25, -0.2) is 0 Å². The van der Waals surface area contributed by atoms with E-state index in [0.717, 1.165) is 19.3 Å². The summed E-state index contributed by atoms with van der Waals surface area (Å²) in [5.74, 6) is 0.0573. The molecule has 0 aromatic heterocycles. The third-order valence-corrected chi connectivity index (χ3v) is 2.70. The predicted octanol–water partition coefficient (Wildman–Crippen LogP) is 1.86. The summed E-state index contributed by atoms with van der Waals surface area (Å²) in [6.07, 6.45) is 3.38. The van der Waals surface area contributed by atoms with Crippen LogP contribution in [-0.2, 0) is 11.2 Å². The number of carbonyl (C=O) groups excluding carboxylic acids is 1. The molecule has 0 aliphatic heterocycles. The highest BCUT2D eigenvalue weighted by Gasteiger charge is 2.11. The molecule has 1 rings (SSSR count). The monoisotopic (exact) mass is 234 g/mol. The molecule has 3 heteroatoms. The van der Waals surface area contributed by atoms with Crippen LogP contribution in [0.1, 0.15) is 31.7 Å². The standard InChI is InChI=1S/C14H22N2O/c1-2-6-13(16-14(17)9-10-15)11-12-7-4-3-5-8-12/h3-5,7-8,13H,2,6,9-11,15H2,1H3,(H,16,17). The van der Waals surface area contributed by atoms with E-state index in [2.05, 4.69) is 24.4 Å². The summed E-state index contributed by atoms with van der Waals surface area (Å²) in [5, 5.41) is 3.05. The predicted molar refractivity (Wildman–Crippen MR) is 70.7 cm³/mol. The van der Waals surface area contributed by atoms with Gasteiger partial charge in [0.15, 0.2) is 0 Å². The molecular weight excluding hydrogens is 212 g/mol. The smallest absolute Gasteiger partial charge is 0.221 e. The fourth-order valence-corrected chi connectivity index (χ4v) is 1.90. The molecule has 0 saturated heterocycles.